The summed E-state index contributed by atoms with van der Waals surface area (Å²) in [6.45, 7) is 6.62. The van der Waals surface area contributed by atoms with Crippen LogP contribution in [-0.4, -0.2) is 13.1 Å². The Morgan fingerprint density at radius 1 is 1.00 bits per heavy atom. The van der Waals surface area contributed by atoms with Crippen molar-refractivity contribution >= 4 is 0 Å². The average molecular weight is 279 g/mol. The number of hydrogen-bond donors (Lipinski definition) is 1. The van der Waals surface area contributed by atoms with E-state index in [1.807, 2.05) is 0 Å². The van der Waals surface area contributed by atoms with E-state index < -0.39 is 0 Å². The molecule has 2 unspecified atom stereocenters. The van der Waals surface area contributed by atoms with E-state index >= 15 is 0 Å². The van der Waals surface area contributed by atoms with Crippen molar-refractivity contribution < 1.29 is 0 Å². The highest BCUT2D eigenvalue weighted by molar-refractivity contribution is 5.33. The summed E-state index contributed by atoms with van der Waals surface area (Å²) in [5, 5.41) is 3.58. The van der Waals surface area contributed by atoms with Gasteiger partial charge in [0.15, 0.2) is 0 Å². The first-order valence-corrected chi connectivity index (χ1v) is 8.14. The third kappa shape index (κ3) is 3.19. The van der Waals surface area contributed by atoms with Crippen LogP contribution in [0.25, 0.3) is 0 Å². The van der Waals surface area contributed by atoms with Gasteiger partial charge in [-0.1, -0.05) is 61.0 Å². The monoisotopic (exact) mass is 279 g/mol. The molecular weight excluding hydrogens is 254 g/mol. The predicted molar refractivity (Wildman–Crippen MR) is 90.0 cm³/mol. The summed E-state index contributed by atoms with van der Waals surface area (Å²) in [5.74, 6) is 1.23. The van der Waals surface area contributed by atoms with Gasteiger partial charge in [0.25, 0.3) is 0 Å². The van der Waals surface area contributed by atoms with Gasteiger partial charge in [-0.25, -0.2) is 0 Å². The summed E-state index contributed by atoms with van der Waals surface area (Å²) < 4.78 is 0. The van der Waals surface area contributed by atoms with E-state index in [2.05, 4.69) is 67.7 Å². The highest BCUT2D eigenvalue weighted by atomic mass is 14.9. The molecule has 0 aliphatic carbocycles. The van der Waals surface area contributed by atoms with E-state index in [-0.39, 0.29) is 0 Å². The molecule has 0 aromatic heterocycles. The molecule has 2 atom stereocenters. The Bertz CT molecular complexity index is 585. The second-order valence-electron chi connectivity index (χ2n) is 6.22. The first-order valence-electron chi connectivity index (χ1n) is 8.14. The minimum Gasteiger partial charge on any atom is -0.316 e. The van der Waals surface area contributed by atoms with Gasteiger partial charge in [-0.3, -0.25) is 0 Å². The number of aryl methyl sites for hydroxylation is 2. The summed E-state index contributed by atoms with van der Waals surface area (Å²) in [7, 11) is 0. The van der Waals surface area contributed by atoms with Crippen LogP contribution in [0.5, 0.6) is 0 Å². The molecule has 0 amide bonds. The van der Waals surface area contributed by atoms with Crippen LogP contribution >= 0.6 is 0 Å². The molecule has 1 aliphatic heterocycles. The number of piperidine rings is 1. The van der Waals surface area contributed by atoms with Crippen molar-refractivity contribution in [2.75, 3.05) is 13.1 Å². The van der Waals surface area contributed by atoms with Crippen LogP contribution < -0.4 is 5.32 Å². The molecular formula is C20H25N. The normalized spacial score (nSPS) is 22.2. The molecule has 0 bridgehead atoms. The molecule has 0 spiro atoms. The van der Waals surface area contributed by atoms with Gasteiger partial charge in [0.2, 0.25) is 0 Å². The van der Waals surface area contributed by atoms with E-state index in [4.69, 9.17) is 0 Å². The fourth-order valence-corrected chi connectivity index (χ4v) is 3.51. The molecule has 1 N–H and O–H groups in total. The Kier molecular flexibility index (Phi) is 4.40. The zero-order chi connectivity index (χ0) is 14.7. The maximum absolute atomic E-state index is 3.58. The van der Waals surface area contributed by atoms with Gasteiger partial charge in [-0.15, -0.1) is 0 Å². The summed E-state index contributed by atoms with van der Waals surface area (Å²) >= 11 is 0. The maximum Gasteiger partial charge on any atom is 0.00327 e. The summed E-state index contributed by atoms with van der Waals surface area (Å²) in [6.07, 6.45) is 2.35. The van der Waals surface area contributed by atoms with E-state index in [0.717, 1.165) is 19.5 Å². The Morgan fingerprint density at radius 3 is 2.52 bits per heavy atom. The fraction of sp³-hybridized carbons (Fsp3) is 0.400. The van der Waals surface area contributed by atoms with Crippen molar-refractivity contribution in [3.63, 3.8) is 0 Å². The van der Waals surface area contributed by atoms with Gasteiger partial charge < -0.3 is 5.32 Å². The second kappa shape index (κ2) is 6.44. The Labute approximate surface area is 128 Å². The highest BCUT2D eigenvalue weighted by Crippen LogP contribution is 2.37. The summed E-state index contributed by atoms with van der Waals surface area (Å²) in [5.41, 5.74) is 5.77. The van der Waals surface area contributed by atoms with Gasteiger partial charge in [0.05, 0.1) is 0 Å². The van der Waals surface area contributed by atoms with Gasteiger partial charge in [0.1, 0.15) is 0 Å². The van der Waals surface area contributed by atoms with Crippen molar-refractivity contribution in [2.45, 2.75) is 38.5 Å². The minimum absolute atomic E-state index is 0.589. The van der Waals surface area contributed by atoms with Crippen LogP contribution in [0.2, 0.25) is 0 Å². The number of rotatable bonds is 3. The van der Waals surface area contributed by atoms with Crippen LogP contribution in [0.3, 0.4) is 0 Å². The molecule has 3 rings (SSSR count). The molecule has 21 heavy (non-hydrogen) atoms. The van der Waals surface area contributed by atoms with Crippen LogP contribution in [0.1, 0.15) is 47.4 Å². The van der Waals surface area contributed by atoms with Crippen LogP contribution in [0, 0.1) is 6.92 Å². The van der Waals surface area contributed by atoms with E-state index in [1.165, 1.54) is 28.7 Å². The van der Waals surface area contributed by atoms with Crippen molar-refractivity contribution in [3.05, 3.63) is 70.8 Å². The standard InChI is InChI=1S/C20H25N/c1-3-16-7-9-17(10-8-16)19-11-12-21-14-20(19)18-6-4-5-15(2)13-18/h4-10,13,19-21H,3,11-12,14H2,1-2H3. The molecule has 1 saturated heterocycles. The van der Waals surface area contributed by atoms with Crippen LogP contribution in [0.15, 0.2) is 48.5 Å². The lowest BCUT2D eigenvalue weighted by Gasteiger charge is -2.33. The molecule has 1 heteroatoms. The van der Waals surface area contributed by atoms with Crippen molar-refractivity contribution in [3.8, 4) is 0 Å². The lowest BCUT2D eigenvalue weighted by molar-refractivity contribution is 0.404. The quantitative estimate of drug-likeness (QED) is 0.877. The highest BCUT2D eigenvalue weighted by Gasteiger charge is 2.27. The number of nitrogens with one attached hydrogen (secondary N) is 1. The summed E-state index contributed by atoms with van der Waals surface area (Å²) in [4.78, 5) is 0. The summed E-state index contributed by atoms with van der Waals surface area (Å²) in [6, 6.07) is 18.3. The van der Waals surface area contributed by atoms with E-state index in [9.17, 15) is 0 Å². The van der Waals surface area contributed by atoms with Gasteiger partial charge in [0, 0.05) is 12.5 Å². The Balaban J connectivity index is 1.90. The van der Waals surface area contributed by atoms with Crippen molar-refractivity contribution in [2.24, 2.45) is 0 Å². The molecule has 1 aliphatic rings. The predicted octanol–water partition coefficient (Wildman–Crippen LogP) is 4.42. The van der Waals surface area contributed by atoms with E-state index in [1.54, 1.807) is 0 Å². The zero-order valence-electron chi connectivity index (χ0n) is 13.1. The third-order valence-corrected chi connectivity index (χ3v) is 4.77. The molecule has 2 aromatic rings. The average Bonchev–Trinajstić information content (AvgIpc) is 2.55. The lowest BCUT2D eigenvalue weighted by Crippen LogP contribution is -2.34. The number of benzene rings is 2. The second-order valence-corrected chi connectivity index (χ2v) is 6.22. The van der Waals surface area contributed by atoms with Crippen molar-refractivity contribution in [1.29, 1.82) is 0 Å². The van der Waals surface area contributed by atoms with E-state index in [0.29, 0.717) is 11.8 Å². The number of hydrogen-bond acceptors (Lipinski definition) is 1. The molecule has 0 radical (unpaired) electrons. The molecule has 1 fully saturated rings. The third-order valence-electron chi connectivity index (χ3n) is 4.77. The molecule has 0 saturated carbocycles. The van der Waals surface area contributed by atoms with Crippen LogP contribution in [-0.2, 0) is 6.42 Å². The largest absolute Gasteiger partial charge is 0.316 e. The minimum atomic E-state index is 0.589. The zero-order valence-corrected chi connectivity index (χ0v) is 13.1. The smallest absolute Gasteiger partial charge is 0.00327 e. The maximum atomic E-state index is 3.58. The first kappa shape index (κ1) is 14.3. The van der Waals surface area contributed by atoms with Crippen LogP contribution in [0.4, 0.5) is 0 Å². The SMILES string of the molecule is CCc1ccc(C2CCNCC2c2cccc(C)c2)cc1. The molecule has 110 valence electrons. The van der Waals surface area contributed by atoms with Crippen molar-refractivity contribution in [1.82, 2.24) is 5.32 Å². The molecule has 1 heterocycles. The topological polar surface area (TPSA) is 12.0 Å². The Morgan fingerprint density at radius 2 is 1.81 bits per heavy atom. The Hall–Kier alpha value is -1.60. The molecule has 2 aromatic carbocycles. The molecule has 1 nitrogen and oxygen atoms in total. The lowest BCUT2D eigenvalue weighted by atomic mass is 9.77. The van der Waals surface area contributed by atoms with Gasteiger partial charge in [-0.05, 0) is 48.9 Å². The first-order chi connectivity index (χ1) is 10.3. The van der Waals surface area contributed by atoms with Gasteiger partial charge in [-0.2, -0.15) is 0 Å². The van der Waals surface area contributed by atoms with Gasteiger partial charge >= 0.3 is 0 Å². The fourth-order valence-electron chi connectivity index (χ4n) is 3.51.